The van der Waals surface area contributed by atoms with Crippen molar-refractivity contribution < 1.29 is 18.0 Å². The lowest BCUT2D eigenvalue weighted by Crippen LogP contribution is -2.62. The van der Waals surface area contributed by atoms with Gasteiger partial charge in [-0.15, -0.1) is 0 Å². The van der Waals surface area contributed by atoms with Gasteiger partial charge in [-0.05, 0) is 35.4 Å². The normalized spacial score (nSPS) is 18.5. The van der Waals surface area contributed by atoms with Crippen molar-refractivity contribution in [3.63, 3.8) is 0 Å². The summed E-state index contributed by atoms with van der Waals surface area (Å²) in [5.41, 5.74) is 1.62. The molecule has 2 aliphatic heterocycles. The first-order chi connectivity index (χ1) is 12.9. The molecule has 2 aliphatic rings. The maximum atomic E-state index is 12.9. The van der Waals surface area contributed by atoms with Crippen molar-refractivity contribution in [1.82, 2.24) is 14.5 Å². The van der Waals surface area contributed by atoms with Crippen LogP contribution in [0.4, 0.5) is 4.79 Å². The second-order valence-corrected chi connectivity index (χ2v) is 8.81. The van der Waals surface area contributed by atoms with Crippen LogP contribution in [0.5, 0.6) is 0 Å². The number of carbonyl (C=O) groups is 2. The third-order valence-corrected chi connectivity index (χ3v) is 6.80. The number of urea groups is 1. The van der Waals surface area contributed by atoms with Crippen LogP contribution in [0.3, 0.4) is 0 Å². The molecule has 0 aromatic heterocycles. The van der Waals surface area contributed by atoms with Crippen molar-refractivity contribution in [3.05, 3.63) is 53.6 Å². The molecule has 2 saturated heterocycles. The lowest BCUT2D eigenvalue weighted by molar-refractivity contribution is -0.128. The number of nitrogens with zero attached hydrogens (tertiary/aromatic N) is 2. The van der Waals surface area contributed by atoms with Gasteiger partial charge in [0.15, 0.2) is 0 Å². The highest BCUT2D eigenvalue weighted by atomic mass is 35.5. The van der Waals surface area contributed by atoms with Crippen LogP contribution in [0.1, 0.15) is 0 Å². The lowest BCUT2D eigenvalue weighted by atomic mass is 10.1. The molecule has 4 rings (SSSR count). The first-order valence-corrected chi connectivity index (χ1v) is 10.1. The number of carbonyl (C=O) groups excluding carboxylic acids is 2. The van der Waals surface area contributed by atoms with Gasteiger partial charge in [0, 0.05) is 18.1 Å². The first kappa shape index (κ1) is 18.0. The topological polar surface area (TPSA) is 86.8 Å². The van der Waals surface area contributed by atoms with E-state index in [4.69, 9.17) is 11.6 Å². The van der Waals surface area contributed by atoms with E-state index in [1.54, 1.807) is 24.3 Å². The Balaban J connectivity index is 1.53. The monoisotopic (exact) mass is 405 g/mol. The summed E-state index contributed by atoms with van der Waals surface area (Å²) >= 11 is 5.90. The predicted molar refractivity (Wildman–Crippen MR) is 99.7 cm³/mol. The Morgan fingerprint density at radius 3 is 2.33 bits per heavy atom. The van der Waals surface area contributed by atoms with E-state index < -0.39 is 22.1 Å². The number of hydrogen-bond donors (Lipinski definition) is 1. The second kappa shape index (κ2) is 6.63. The highest BCUT2D eigenvalue weighted by Gasteiger charge is 2.45. The average molecular weight is 406 g/mol. The molecule has 0 aliphatic carbocycles. The van der Waals surface area contributed by atoms with E-state index in [-0.39, 0.29) is 30.4 Å². The Kier molecular flexibility index (Phi) is 4.41. The second-order valence-electron chi connectivity index (χ2n) is 6.43. The van der Waals surface area contributed by atoms with Crippen molar-refractivity contribution in [2.75, 3.05) is 19.6 Å². The predicted octanol–water partition coefficient (Wildman–Crippen LogP) is 1.93. The quantitative estimate of drug-likeness (QED) is 0.787. The Morgan fingerprint density at radius 1 is 1.00 bits per heavy atom. The fourth-order valence-corrected chi connectivity index (χ4v) is 4.90. The van der Waals surface area contributed by atoms with Gasteiger partial charge < -0.3 is 5.32 Å². The Morgan fingerprint density at radius 2 is 1.70 bits per heavy atom. The number of nitrogens with one attached hydrogen (secondary N) is 1. The Bertz CT molecular complexity index is 1000. The maximum Gasteiger partial charge on any atom is 0.324 e. The van der Waals surface area contributed by atoms with Crippen LogP contribution >= 0.6 is 11.6 Å². The summed E-state index contributed by atoms with van der Waals surface area (Å²) in [5.74, 6) is -0.327. The molecule has 0 bridgehead atoms. The standard InChI is InChI=1S/C18H16ClN3O4S/c19-14-6-4-12(5-7-14)13-2-1-3-16(8-13)27(25,26)21-10-15(11-21)22-17(23)9-20-18(22)24/h1-8,15H,9-11H2,(H,20,24). The van der Waals surface area contributed by atoms with Crippen LogP contribution in [0, 0.1) is 0 Å². The Labute approximate surface area is 161 Å². The SMILES string of the molecule is O=C1CNC(=O)N1C1CN(S(=O)(=O)c2cccc(-c3ccc(Cl)cc3)c2)C1. The number of hydrogen-bond acceptors (Lipinski definition) is 4. The number of rotatable bonds is 4. The molecule has 2 fully saturated rings. The van der Waals surface area contributed by atoms with Gasteiger partial charge in [0.1, 0.15) is 0 Å². The van der Waals surface area contributed by atoms with Crippen LogP contribution in [0.2, 0.25) is 5.02 Å². The van der Waals surface area contributed by atoms with Gasteiger partial charge >= 0.3 is 6.03 Å². The molecule has 2 aromatic carbocycles. The fourth-order valence-electron chi connectivity index (χ4n) is 3.21. The van der Waals surface area contributed by atoms with Crippen molar-refractivity contribution in [3.8, 4) is 11.1 Å². The molecule has 0 radical (unpaired) electrons. The molecule has 0 spiro atoms. The van der Waals surface area contributed by atoms with Crippen LogP contribution in [0.15, 0.2) is 53.4 Å². The van der Waals surface area contributed by atoms with Crippen molar-refractivity contribution >= 4 is 33.6 Å². The van der Waals surface area contributed by atoms with Gasteiger partial charge in [0.25, 0.3) is 0 Å². The van der Waals surface area contributed by atoms with Crippen LogP contribution in [-0.4, -0.2) is 55.2 Å². The molecule has 2 aromatic rings. The number of sulfonamides is 1. The van der Waals surface area contributed by atoms with E-state index in [0.29, 0.717) is 5.02 Å². The summed E-state index contributed by atoms with van der Waals surface area (Å²) in [6.45, 7) is 0.171. The summed E-state index contributed by atoms with van der Waals surface area (Å²) < 4.78 is 27.0. The van der Waals surface area contributed by atoms with E-state index in [0.717, 1.165) is 16.0 Å². The smallest absolute Gasteiger partial charge is 0.324 e. The van der Waals surface area contributed by atoms with E-state index >= 15 is 0 Å². The van der Waals surface area contributed by atoms with Gasteiger partial charge in [-0.2, -0.15) is 4.31 Å². The van der Waals surface area contributed by atoms with Crippen molar-refractivity contribution in [2.24, 2.45) is 0 Å². The molecule has 9 heteroatoms. The van der Waals surface area contributed by atoms with Crippen LogP contribution in [0.25, 0.3) is 11.1 Å². The Hall–Kier alpha value is -2.42. The zero-order chi connectivity index (χ0) is 19.2. The first-order valence-electron chi connectivity index (χ1n) is 8.32. The van der Waals surface area contributed by atoms with Crippen LogP contribution < -0.4 is 5.32 Å². The molecule has 0 atom stereocenters. The molecule has 1 N–H and O–H groups in total. The van der Waals surface area contributed by atoms with Crippen molar-refractivity contribution in [2.45, 2.75) is 10.9 Å². The van der Waals surface area contributed by atoms with E-state index in [1.165, 1.54) is 10.4 Å². The van der Waals surface area contributed by atoms with E-state index in [9.17, 15) is 18.0 Å². The number of halogens is 1. The third kappa shape index (κ3) is 3.20. The van der Waals surface area contributed by atoms with Gasteiger partial charge in [-0.1, -0.05) is 35.9 Å². The highest BCUT2D eigenvalue weighted by Crippen LogP contribution is 2.29. The molecule has 3 amide bonds. The van der Waals surface area contributed by atoms with Gasteiger partial charge in [-0.3, -0.25) is 9.69 Å². The fraction of sp³-hybridized carbons (Fsp3) is 0.222. The minimum absolute atomic E-state index is 0.0365. The molecular formula is C18H16ClN3O4S. The third-order valence-electron chi connectivity index (χ3n) is 4.72. The summed E-state index contributed by atoms with van der Waals surface area (Å²) in [6, 6.07) is 12.9. The molecule has 0 saturated carbocycles. The largest absolute Gasteiger partial charge is 0.329 e. The summed E-state index contributed by atoms with van der Waals surface area (Å²) in [7, 11) is -3.70. The lowest BCUT2D eigenvalue weighted by Gasteiger charge is -2.41. The average Bonchev–Trinajstić information content (AvgIpc) is 2.94. The van der Waals surface area contributed by atoms with Crippen LogP contribution in [-0.2, 0) is 14.8 Å². The molecule has 2 heterocycles. The molecule has 27 heavy (non-hydrogen) atoms. The molecule has 7 nitrogen and oxygen atoms in total. The minimum Gasteiger partial charge on any atom is -0.329 e. The molecule has 140 valence electrons. The van der Waals surface area contributed by atoms with Gasteiger partial charge in [-0.25, -0.2) is 13.2 Å². The molecular weight excluding hydrogens is 390 g/mol. The number of benzene rings is 2. The van der Waals surface area contributed by atoms with Gasteiger partial charge in [0.2, 0.25) is 15.9 Å². The minimum atomic E-state index is -3.70. The highest BCUT2D eigenvalue weighted by molar-refractivity contribution is 7.89. The van der Waals surface area contributed by atoms with E-state index in [2.05, 4.69) is 5.32 Å². The summed E-state index contributed by atoms with van der Waals surface area (Å²) in [6.07, 6.45) is 0. The van der Waals surface area contributed by atoms with Crippen molar-refractivity contribution in [1.29, 1.82) is 0 Å². The summed E-state index contributed by atoms with van der Waals surface area (Å²) in [5, 5.41) is 3.05. The van der Waals surface area contributed by atoms with Gasteiger partial charge in [0.05, 0.1) is 17.5 Å². The van der Waals surface area contributed by atoms with E-state index in [1.807, 2.05) is 18.2 Å². The maximum absolute atomic E-state index is 12.9. The zero-order valence-corrected chi connectivity index (χ0v) is 15.7. The zero-order valence-electron chi connectivity index (χ0n) is 14.1. The molecule has 0 unspecified atom stereocenters. The number of imide groups is 1. The summed E-state index contributed by atoms with van der Waals surface area (Å²) in [4.78, 5) is 24.7. The number of amides is 3.